The van der Waals surface area contributed by atoms with Crippen molar-refractivity contribution in [3.8, 4) is 0 Å². The third-order valence-electron chi connectivity index (χ3n) is 3.65. The van der Waals surface area contributed by atoms with Crippen LogP contribution in [-0.2, 0) is 11.2 Å². The van der Waals surface area contributed by atoms with Gasteiger partial charge < -0.3 is 10.5 Å². The van der Waals surface area contributed by atoms with Crippen molar-refractivity contribution in [3.05, 3.63) is 35.4 Å². The van der Waals surface area contributed by atoms with Crippen molar-refractivity contribution in [2.24, 2.45) is 11.7 Å². The molecule has 1 aromatic rings. The molecular weight excluding hydrogens is 210 g/mol. The third-order valence-corrected chi connectivity index (χ3v) is 3.65. The maximum atomic E-state index is 6.38. The summed E-state index contributed by atoms with van der Waals surface area (Å²) in [6.45, 7) is 3.95. The second-order valence-electron chi connectivity index (χ2n) is 4.97. The molecule has 1 aromatic carbocycles. The molecule has 1 saturated heterocycles. The van der Waals surface area contributed by atoms with E-state index in [1.54, 1.807) is 0 Å². The van der Waals surface area contributed by atoms with Crippen molar-refractivity contribution in [2.75, 3.05) is 13.2 Å². The second-order valence-corrected chi connectivity index (χ2v) is 4.97. The average molecular weight is 233 g/mol. The molecule has 1 aliphatic rings. The monoisotopic (exact) mass is 233 g/mol. The van der Waals surface area contributed by atoms with E-state index in [1.807, 2.05) is 0 Å². The molecule has 2 heteroatoms. The molecule has 0 spiro atoms. The van der Waals surface area contributed by atoms with Gasteiger partial charge in [0.05, 0.1) is 0 Å². The molecule has 2 N–H and O–H groups in total. The van der Waals surface area contributed by atoms with Crippen molar-refractivity contribution in [1.29, 1.82) is 0 Å². The summed E-state index contributed by atoms with van der Waals surface area (Å²) in [7, 11) is 0. The number of benzene rings is 1. The first-order valence-electron chi connectivity index (χ1n) is 6.73. The summed E-state index contributed by atoms with van der Waals surface area (Å²) in [5.74, 6) is 0.584. The quantitative estimate of drug-likeness (QED) is 0.867. The summed E-state index contributed by atoms with van der Waals surface area (Å²) >= 11 is 0. The van der Waals surface area contributed by atoms with Gasteiger partial charge in [-0.2, -0.15) is 0 Å². The highest BCUT2D eigenvalue weighted by molar-refractivity contribution is 5.26. The van der Waals surface area contributed by atoms with Crippen LogP contribution in [0.15, 0.2) is 24.3 Å². The molecule has 1 unspecified atom stereocenters. The van der Waals surface area contributed by atoms with Crippen LogP contribution in [0.3, 0.4) is 0 Å². The summed E-state index contributed by atoms with van der Waals surface area (Å²) in [6, 6.07) is 8.96. The minimum Gasteiger partial charge on any atom is -0.381 e. The van der Waals surface area contributed by atoms with Crippen LogP contribution in [0.4, 0.5) is 0 Å². The van der Waals surface area contributed by atoms with E-state index < -0.39 is 0 Å². The Morgan fingerprint density at radius 2 is 2.12 bits per heavy atom. The molecule has 94 valence electrons. The third kappa shape index (κ3) is 3.30. The SMILES string of the molecule is CCCc1cccc(C(N)C2CCOCC2)c1. The fraction of sp³-hybridized carbons (Fsp3) is 0.600. The van der Waals surface area contributed by atoms with Crippen molar-refractivity contribution in [3.63, 3.8) is 0 Å². The van der Waals surface area contributed by atoms with Gasteiger partial charge in [-0.3, -0.25) is 0 Å². The highest BCUT2D eigenvalue weighted by Crippen LogP contribution is 2.28. The molecule has 1 fully saturated rings. The Hall–Kier alpha value is -0.860. The molecule has 2 rings (SSSR count). The Morgan fingerprint density at radius 3 is 2.82 bits per heavy atom. The first-order chi connectivity index (χ1) is 8.31. The van der Waals surface area contributed by atoms with Crippen LogP contribution < -0.4 is 5.73 Å². The highest BCUT2D eigenvalue weighted by atomic mass is 16.5. The summed E-state index contributed by atoms with van der Waals surface area (Å²) in [6.07, 6.45) is 4.53. The van der Waals surface area contributed by atoms with Crippen LogP contribution in [0.5, 0.6) is 0 Å². The summed E-state index contributed by atoms with van der Waals surface area (Å²) < 4.78 is 5.39. The first-order valence-corrected chi connectivity index (χ1v) is 6.73. The standard InChI is InChI=1S/C15H23NO/c1-2-4-12-5-3-6-14(11-12)15(16)13-7-9-17-10-8-13/h3,5-6,11,13,15H,2,4,7-10,16H2,1H3. The smallest absolute Gasteiger partial charge is 0.0469 e. The number of aryl methyl sites for hydroxylation is 1. The number of rotatable bonds is 4. The fourth-order valence-electron chi connectivity index (χ4n) is 2.59. The van der Waals surface area contributed by atoms with Crippen molar-refractivity contribution >= 4 is 0 Å². The van der Waals surface area contributed by atoms with Gasteiger partial charge in [0.25, 0.3) is 0 Å². The zero-order chi connectivity index (χ0) is 12.1. The predicted octanol–water partition coefficient (Wildman–Crippen LogP) is 3.07. The maximum Gasteiger partial charge on any atom is 0.0469 e. The van der Waals surface area contributed by atoms with Crippen LogP contribution in [0.25, 0.3) is 0 Å². The van der Waals surface area contributed by atoms with Crippen LogP contribution >= 0.6 is 0 Å². The van der Waals surface area contributed by atoms with E-state index >= 15 is 0 Å². The topological polar surface area (TPSA) is 35.2 Å². The van der Waals surface area contributed by atoms with Gasteiger partial charge in [-0.25, -0.2) is 0 Å². The minimum atomic E-state index is 0.177. The lowest BCUT2D eigenvalue weighted by atomic mass is 9.87. The van der Waals surface area contributed by atoms with Gasteiger partial charge >= 0.3 is 0 Å². The zero-order valence-electron chi connectivity index (χ0n) is 10.7. The molecule has 0 aromatic heterocycles. The number of nitrogens with two attached hydrogens (primary N) is 1. The average Bonchev–Trinajstić information content (AvgIpc) is 2.40. The van der Waals surface area contributed by atoms with Crippen molar-refractivity contribution in [2.45, 2.75) is 38.6 Å². The van der Waals surface area contributed by atoms with Crippen molar-refractivity contribution < 1.29 is 4.74 Å². The molecular formula is C15H23NO. The lowest BCUT2D eigenvalue weighted by molar-refractivity contribution is 0.0584. The van der Waals surface area contributed by atoms with E-state index in [4.69, 9.17) is 10.5 Å². The van der Waals surface area contributed by atoms with E-state index in [2.05, 4.69) is 31.2 Å². The number of hydrogen-bond acceptors (Lipinski definition) is 2. The Balaban J connectivity index is 2.06. The van der Waals surface area contributed by atoms with Gasteiger partial charge in [-0.05, 0) is 36.3 Å². The van der Waals surface area contributed by atoms with Gasteiger partial charge in [0.1, 0.15) is 0 Å². The maximum absolute atomic E-state index is 6.38. The molecule has 0 radical (unpaired) electrons. The first kappa shape index (κ1) is 12.6. The molecule has 0 saturated carbocycles. The molecule has 0 bridgehead atoms. The Kier molecular flexibility index (Phi) is 4.57. The molecule has 17 heavy (non-hydrogen) atoms. The minimum absolute atomic E-state index is 0.177. The second kappa shape index (κ2) is 6.18. The normalized spacial score (nSPS) is 19.2. The predicted molar refractivity (Wildman–Crippen MR) is 70.9 cm³/mol. The van der Waals surface area contributed by atoms with E-state index in [0.717, 1.165) is 32.5 Å². The fourth-order valence-corrected chi connectivity index (χ4v) is 2.59. The van der Waals surface area contributed by atoms with Crippen LogP contribution in [0.1, 0.15) is 43.4 Å². The van der Waals surface area contributed by atoms with Gasteiger partial charge in [-0.1, -0.05) is 37.6 Å². The molecule has 2 nitrogen and oxygen atoms in total. The van der Waals surface area contributed by atoms with Gasteiger partial charge in [0.2, 0.25) is 0 Å². The van der Waals surface area contributed by atoms with E-state index in [-0.39, 0.29) is 6.04 Å². The molecule has 1 aliphatic heterocycles. The van der Waals surface area contributed by atoms with Gasteiger partial charge in [-0.15, -0.1) is 0 Å². The molecule has 1 heterocycles. The Labute approximate surface area is 104 Å². The van der Waals surface area contributed by atoms with E-state index in [0.29, 0.717) is 5.92 Å². The van der Waals surface area contributed by atoms with Crippen LogP contribution in [0.2, 0.25) is 0 Å². The van der Waals surface area contributed by atoms with Gasteiger partial charge in [0.15, 0.2) is 0 Å². The van der Waals surface area contributed by atoms with E-state index in [1.165, 1.54) is 17.5 Å². The largest absolute Gasteiger partial charge is 0.381 e. The Morgan fingerprint density at radius 1 is 1.35 bits per heavy atom. The summed E-state index contributed by atoms with van der Waals surface area (Å²) in [4.78, 5) is 0. The van der Waals surface area contributed by atoms with Gasteiger partial charge in [0, 0.05) is 19.3 Å². The molecule has 0 amide bonds. The zero-order valence-corrected chi connectivity index (χ0v) is 10.7. The molecule has 0 aliphatic carbocycles. The lowest BCUT2D eigenvalue weighted by Gasteiger charge is -2.28. The number of ether oxygens (including phenoxy) is 1. The highest BCUT2D eigenvalue weighted by Gasteiger charge is 2.22. The molecule has 1 atom stereocenters. The summed E-state index contributed by atoms with van der Waals surface area (Å²) in [5.41, 5.74) is 9.08. The number of hydrogen-bond donors (Lipinski definition) is 1. The van der Waals surface area contributed by atoms with Crippen molar-refractivity contribution in [1.82, 2.24) is 0 Å². The van der Waals surface area contributed by atoms with Crippen LogP contribution in [0, 0.1) is 5.92 Å². The lowest BCUT2D eigenvalue weighted by Crippen LogP contribution is -2.27. The summed E-state index contributed by atoms with van der Waals surface area (Å²) in [5, 5.41) is 0. The van der Waals surface area contributed by atoms with E-state index in [9.17, 15) is 0 Å². The van der Waals surface area contributed by atoms with Crippen LogP contribution in [-0.4, -0.2) is 13.2 Å². The Bertz CT molecular complexity index is 345.